The van der Waals surface area contributed by atoms with Crippen molar-refractivity contribution in [1.29, 1.82) is 0 Å². The molecule has 1 heterocycles. The molecule has 10 heteroatoms. The Kier molecular flexibility index (Phi) is 6.21. The van der Waals surface area contributed by atoms with Crippen molar-refractivity contribution in [2.75, 3.05) is 11.9 Å². The molecule has 0 aliphatic carbocycles. The number of carbonyl (C=O) groups is 3. The molecule has 114 valence electrons. The molecule has 0 radical (unpaired) electrons. The lowest BCUT2D eigenvalue weighted by atomic mass is 10.5. The van der Waals surface area contributed by atoms with Crippen molar-refractivity contribution < 1.29 is 24.2 Å². The fourth-order valence-electron chi connectivity index (χ4n) is 1.20. The third kappa shape index (κ3) is 5.95. The van der Waals surface area contributed by atoms with Gasteiger partial charge in [0.15, 0.2) is 5.82 Å². The molecule has 9 nitrogen and oxygen atoms in total. The van der Waals surface area contributed by atoms with Gasteiger partial charge in [-0.25, -0.2) is 4.79 Å². The number of carbonyl (C=O) groups excluding carboxylic acids is 2. The number of ether oxygens (including phenoxy) is 1. The van der Waals surface area contributed by atoms with Crippen LogP contribution in [0.3, 0.4) is 0 Å². The van der Waals surface area contributed by atoms with E-state index in [1.54, 1.807) is 6.92 Å². The summed E-state index contributed by atoms with van der Waals surface area (Å²) in [5.41, 5.74) is 0. The minimum Gasteiger partial charge on any atom is -0.501 e. The number of hydrogen-bond donors (Lipinski definition) is 3. The second kappa shape index (κ2) is 7.90. The first-order chi connectivity index (χ1) is 9.92. The molecule has 1 aromatic heterocycles. The van der Waals surface area contributed by atoms with Crippen molar-refractivity contribution in [3.8, 4) is 0 Å². The van der Waals surface area contributed by atoms with Crippen LogP contribution < -0.4 is 10.6 Å². The van der Waals surface area contributed by atoms with Gasteiger partial charge >= 0.3 is 12.0 Å². The number of aliphatic carboxylic acids is 1. The molecule has 0 unspecified atom stereocenters. The van der Waals surface area contributed by atoms with Gasteiger partial charge in [0.1, 0.15) is 11.6 Å². The maximum absolute atomic E-state index is 11.5. The van der Waals surface area contributed by atoms with E-state index in [9.17, 15) is 14.4 Å². The molecule has 0 atom stereocenters. The first kappa shape index (κ1) is 16.5. The number of halogens is 1. The Bertz CT molecular complexity index is 569. The molecular weight excluding hydrogens is 304 g/mol. The predicted molar refractivity (Wildman–Crippen MR) is 72.8 cm³/mol. The van der Waals surface area contributed by atoms with Crippen LogP contribution >= 0.6 is 11.6 Å². The zero-order valence-electron chi connectivity index (χ0n) is 11.0. The van der Waals surface area contributed by atoms with Crippen LogP contribution in [0.25, 0.3) is 0 Å². The zero-order chi connectivity index (χ0) is 15.8. The van der Waals surface area contributed by atoms with Crippen LogP contribution in [0.5, 0.6) is 0 Å². The van der Waals surface area contributed by atoms with Gasteiger partial charge < -0.3 is 9.84 Å². The number of carboxylic acids is 1. The number of amides is 3. The molecular formula is C11H13ClN4O5. The van der Waals surface area contributed by atoms with Gasteiger partial charge in [-0.15, -0.1) is 0 Å². The van der Waals surface area contributed by atoms with Crippen LogP contribution in [-0.4, -0.2) is 39.4 Å². The number of anilines is 1. The average Bonchev–Trinajstić information content (AvgIpc) is 2.68. The Hall–Kier alpha value is -2.55. The summed E-state index contributed by atoms with van der Waals surface area (Å²) in [6.45, 7) is 1.73. The molecule has 1 aromatic rings. The summed E-state index contributed by atoms with van der Waals surface area (Å²) in [4.78, 5) is 33.3. The Labute approximate surface area is 124 Å². The van der Waals surface area contributed by atoms with E-state index >= 15 is 0 Å². The Morgan fingerprint density at radius 2 is 2.24 bits per heavy atom. The highest BCUT2D eigenvalue weighted by Crippen LogP contribution is 2.18. The van der Waals surface area contributed by atoms with E-state index in [0.29, 0.717) is 6.61 Å². The Morgan fingerprint density at radius 1 is 1.52 bits per heavy atom. The standard InChI is InChI=1S/C11H13ClN4O5/c1-2-21-4-3-8(17)13-11(20)14-10-7(12)5-16(15-10)6-9(18)19/h3-5H,2,6H2,1H3,(H,18,19)(H2,13,14,15,17,20)/b4-3+. The quantitative estimate of drug-likeness (QED) is 0.527. The molecule has 3 amide bonds. The van der Waals surface area contributed by atoms with Crippen molar-refractivity contribution in [2.45, 2.75) is 13.5 Å². The molecule has 0 spiro atoms. The normalized spacial score (nSPS) is 10.4. The SMILES string of the molecule is CCO/C=C/C(=O)NC(=O)Nc1nn(CC(=O)O)cc1Cl. The highest BCUT2D eigenvalue weighted by atomic mass is 35.5. The van der Waals surface area contributed by atoms with Gasteiger partial charge in [-0.05, 0) is 6.92 Å². The summed E-state index contributed by atoms with van der Waals surface area (Å²) in [7, 11) is 0. The number of carboxylic acid groups (broad SMARTS) is 1. The summed E-state index contributed by atoms with van der Waals surface area (Å²) >= 11 is 5.77. The van der Waals surface area contributed by atoms with Gasteiger partial charge in [-0.1, -0.05) is 11.6 Å². The monoisotopic (exact) mass is 316 g/mol. The number of nitrogens with zero attached hydrogens (tertiary/aromatic N) is 2. The van der Waals surface area contributed by atoms with Gasteiger partial charge in [0.05, 0.1) is 12.9 Å². The van der Waals surface area contributed by atoms with Crippen molar-refractivity contribution in [3.05, 3.63) is 23.6 Å². The molecule has 21 heavy (non-hydrogen) atoms. The van der Waals surface area contributed by atoms with Crippen molar-refractivity contribution >= 4 is 35.3 Å². The summed E-state index contributed by atoms with van der Waals surface area (Å²) < 4.78 is 5.84. The number of urea groups is 1. The second-order valence-electron chi connectivity index (χ2n) is 3.62. The zero-order valence-corrected chi connectivity index (χ0v) is 11.8. The number of nitrogens with one attached hydrogen (secondary N) is 2. The van der Waals surface area contributed by atoms with E-state index in [-0.39, 0.29) is 10.8 Å². The summed E-state index contributed by atoms with van der Waals surface area (Å²) in [6, 6.07) is -0.858. The molecule has 3 N–H and O–H groups in total. The number of imide groups is 1. The van der Waals surface area contributed by atoms with Crippen LogP contribution in [0.1, 0.15) is 6.92 Å². The predicted octanol–water partition coefficient (Wildman–Crippen LogP) is 0.819. The summed E-state index contributed by atoms with van der Waals surface area (Å²) in [5, 5.41) is 16.6. The first-order valence-electron chi connectivity index (χ1n) is 5.77. The number of aromatic nitrogens is 2. The van der Waals surface area contributed by atoms with Crippen molar-refractivity contribution in [1.82, 2.24) is 15.1 Å². The van der Waals surface area contributed by atoms with Crippen LogP contribution in [-0.2, 0) is 20.9 Å². The molecule has 0 saturated carbocycles. The topological polar surface area (TPSA) is 123 Å². The maximum atomic E-state index is 11.5. The van der Waals surface area contributed by atoms with Crippen molar-refractivity contribution in [2.24, 2.45) is 0 Å². The Balaban J connectivity index is 2.56. The van der Waals surface area contributed by atoms with E-state index < -0.39 is 24.5 Å². The largest absolute Gasteiger partial charge is 0.501 e. The van der Waals surface area contributed by atoms with Crippen LogP contribution in [0.4, 0.5) is 10.6 Å². The smallest absolute Gasteiger partial charge is 0.327 e. The summed E-state index contributed by atoms with van der Waals surface area (Å²) in [6.07, 6.45) is 3.42. The van der Waals surface area contributed by atoms with E-state index in [1.165, 1.54) is 6.20 Å². The van der Waals surface area contributed by atoms with E-state index in [2.05, 4.69) is 10.4 Å². The summed E-state index contributed by atoms with van der Waals surface area (Å²) in [5.74, 6) is -1.86. The fraction of sp³-hybridized carbons (Fsp3) is 0.273. The molecule has 0 aliphatic heterocycles. The van der Waals surface area contributed by atoms with Gasteiger partial charge in [-0.2, -0.15) is 5.10 Å². The lowest BCUT2D eigenvalue weighted by Crippen LogP contribution is -2.33. The van der Waals surface area contributed by atoms with Gasteiger partial charge in [0.2, 0.25) is 0 Å². The third-order valence-electron chi connectivity index (χ3n) is 1.97. The van der Waals surface area contributed by atoms with Gasteiger partial charge in [0, 0.05) is 12.3 Å². The lowest BCUT2D eigenvalue weighted by molar-refractivity contribution is -0.137. The van der Waals surface area contributed by atoms with Gasteiger partial charge in [0.25, 0.3) is 5.91 Å². The Morgan fingerprint density at radius 3 is 2.86 bits per heavy atom. The van der Waals surface area contributed by atoms with E-state index in [4.69, 9.17) is 21.4 Å². The van der Waals surface area contributed by atoms with Crippen molar-refractivity contribution in [3.63, 3.8) is 0 Å². The van der Waals surface area contributed by atoms with E-state index in [0.717, 1.165) is 17.0 Å². The van der Waals surface area contributed by atoms with Gasteiger partial charge in [-0.3, -0.25) is 24.9 Å². The number of rotatable bonds is 6. The van der Waals surface area contributed by atoms with Crippen LogP contribution in [0.15, 0.2) is 18.5 Å². The first-order valence-corrected chi connectivity index (χ1v) is 6.15. The number of hydrogen-bond acceptors (Lipinski definition) is 5. The minimum absolute atomic E-state index is 0.0451. The minimum atomic E-state index is -1.11. The van der Waals surface area contributed by atoms with E-state index in [1.807, 2.05) is 5.32 Å². The molecule has 0 bridgehead atoms. The fourth-order valence-corrected chi connectivity index (χ4v) is 1.40. The molecule has 0 saturated heterocycles. The highest BCUT2D eigenvalue weighted by molar-refractivity contribution is 6.33. The molecule has 0 aliphatic rings. The van der Waals surface area contributed by atoms with Crippen LogP contribution in [0.2, 0.25) is 5.02 Å². The maximum Gasteiger partial charge on any atom is 0.327 e. The third-order valence-corrected chi connectivity index (χ3v) is 2.24. The average molecular weight is 317 g/mol. The van der Waals surface area contributed by atoms with Crippen LogP contribution in [0, 0.1) is 0 Å². The molecule has 1 rings (SSSR count). The molecule has 0 fully saturated rings. The second-order valence-corrected chi connectivity index (χ2v) is 4.03. The highest BCUT2D eigenvalue weighted by Gasteiger charge is 2.13. The lowest BCUT2D eigenvalue weighted by Gasteiger charge is -2.02. The molecule has 0 aromatic carbocycles.